The Labute approximate surface area is 96.0 Å². The van der Waals surface area contributed by atoms with Crippen LogP contribution in [0.2, 0.25) is 0 Å². The molecule has 1 heterocycles. The first-order valence-electron chi connectivity index (χ1n) is 5.54. The molecule has 0 atom stereocenters. The zero-order chi connectivity index (χ0) is 10.8. The van der Waals surface area contributed by atoms with Gasteiger partial charge in [0.05, 0.1) is 10.7 Å². The van der Waals surface area contributed by atoms with E-state index in [1.54, 1.807) is 0 Å². The zero-order valence-electron chi connectivity index (χ0n) is 9.58. The molecule has 0 radical (unpaired) electrons. The molecule has 0 aliphatic carbocycles. The number of aliphatic imine (C=N–C) groups is 1. The Morgan fingerprint density at radius 3 is 2.87 bits per heavy atom. The predicted octanol–water partition coefficient (Wildman–Crippen LogP) is 4.15. The van der Waals surface area contributed by atoms with E-state index in [2.05, 4.69) is 44.0 Å². The van der Waals surface area contributed by atoms with E-state index in [0.717, 1.165) is 12.2 Å². The molecular weight excluding hydrogens is 202 g/mol. The molecule has 0 saturated carbocycles. The number of benzene rings is 1. The normalized spacial score (nSPS) is 14.3. The Hall–Kier alpha value is -0.760. The first-order chi connectivity index (χ1) is 7.20. The third kappa shape index (κ3) is 2.25. The molecule has 1 nitrogen and oxygen atoms in total. The molecule has 2 heteroatoms. The molecule has 1 aliphatic heterocycles. The fraction of sp³-hybridized carbons (Fsp3) is 0.462. The summed E-state index contributed by atoms with van der Waals surface area (Å²) < 4.78 is 0. The average Bonchev–Trinajstić information content (AvgIpc) is 2.59. The minimum Gasteiger partial charge on any atom is -0.246 e. The maximum atomic E-state index is 4.66. The van der Waals surface area contributed by atoms with Gasteiger partial charge < -0.3 is 0 Å². The van der Waals surface area contributed by atoms with Crippen molar-refractivity contribution in [2.75, 3.05) is 5.75 Å². The van der Waals surface area contributed by atoms with E-state index in [-0.39, 0.29) is 0 Å². The summed E-state index contributed by atoms with van der Waals surface area (Å²) in [7, 11) is 0. The van der Waals surface area contributed by atoms with Crippen LogP contribution in [0.1, 0.15) is 37.8 Å². The largest absolute Gasteiger partial charge is 0.246 e. The van der Waals surface area contributed by atoms with E-state index in [0.29, 0.717) is 5.92 Å². The number of rotatable bonds is 2. The van der Waals surface area contributed by atoms with Crippen LogP contribution in [0.3, 0.4) is 0 Å². The highest BCUT2D eigenvalue weighted by atomic mass is 32.2. The fourth-order valence-corrected chi connectivity index (χ4v) is 2.53. The molecule has 0 fully saturated rings. The van der Waals surface area contributed by atoms with Gasteiger partial charge in [0.2, 0.25) is 0 Å². The second-order valence-corrected chi connectivity index (χ2v) is 5.50. The highest BCUT2D eigenvalue weighted by molar-refractivity contribution is 8.13. The van der Waals surface area contributed by atoms with Gasteiger partial charge in [0.25, 0.3) is 0 Å². The third-order valence-electron chi connectivity index (χ3n) is 2.67. The molecule has 0 N–H and O–H groups in total. The molecule has 0 bridgehead atoms. The molecule has 80 valence electrons. The molecule has 0 saturated heterocycles. The van der Waals surface area contributed by atoms with Gasteiger partial charge in [-0.2, -0.15) is 0 Å². The van der Waals surface area contributed by atoms with Crippen molar-refractivity contribution in [3.8, 4) is 0 Å². The number of hydrogen-bond acceptors (Lipinski definition) is 2. The zero-order valence-corrected chi connectivity index (χ0v) is 10.4. The van der Waals surface area contributed by atoms with Crippen LogP contribution in [0, 0.1) is 0 Å². The van der Waals surface area contributed by atoms with Crippen molar-refractivity contribution in [1.82, 2.24) is 0 Å². The summed E-state index contributed by atoms with van der Waals surface area (Å²) in [5.74, 6) is 1.71. The van der Waals surface area contributed by atoms with Gasteiger partial charge in [-0.15, -0.1) is 11.8 Å². The highest BCUT2D eigenvalue weighted by Gasteiger charge is 2.15. The second-order valence-electron chi connectivity index (χ2n) is 4.16. The van der Waals surface area contributed by atoms with Gasteiger partial charge in [-0.25, -0.2) is 4.99 Å². The van der Waals surface area contributed by atoms with Crippen LogP contribution in [-0.4, -0.2) is 10.8 Å². The predicted molar refractivity (Wildman–Crippen MR) is 69.5 cm³/mol. The Morgan fingerprint density at radius 1 is 1.40 bits per heavy atom. The number of hydrogen-bond donors (Lipinski definition) is 0. The SMILES string of the molecule is CCSC1=Nc2cc(C(C)C)ccc2C1. The van der Waals surface area contributed by atoms with E-state index in [1.807, 2.05) is 11.8 Å². The Bertz CT molecular complexity index is 394. The topological polar surface area (TPSA) is 12.4 Å². The van der Waals surface area contributed by atoms with Gasteiger partial charge >= 0.3 is 0 Å². The summed E-state index contributed by atoms with van der Waals surface area (Å²) in [6.45, 7) is 6.62. The van der Waals surface area contributed by atoms with Crippen LogP contribution in [0.15, 0.2) is 23.2 Å². The molecule has 1 aliphatic rings. The van der Waals surface area contributed by atoms with E-state index in [9.17, 15) is 0 Å². The van der Waals surface area contributed by atoms with Crippen LogP contribution in [0.25, 0.3) is 0 Å². The monoisotopic (exact) mass is 219 g/mol. The van der Waals surface area contributed by atoms with Gasteiger partial charge in [-0.05, 0) is 28.9 Å². The van der Waals surface area contributed by atoms with Crippen LogP contribution >= 0.6 is 11.8 Å². The second kappa shape index (κ2) is 4.40. The lowest BCUT2D eigenvalue weighted by molar-refractivity contribution is 0.866. The summed E-state index contributed by atoms with van der Waals surface area (Å²) in [5, 5.41) is 1.27. The van der Waals surface area contributed by atoms with E-state index in [4.69, 9.17) is 0 Å². The van der Waals surface area contributed by atoms with Crippen molar-refractivity contribution < 1.29 is 0 Å². The maximum Gasteiger partial charge on any atom is 0.0783 e. The molecule has 0 aromatic heterocycles. The third-order valence-corrected chi connectivity index (χ3v) is 3.53. The summed E-state index contributed by atoms with van der Waals surface area (Å²) in [4.78, 5) is 4.66. The van der Waals surface area contributed by atoms with Gasteiger partial charge in [0, 0.05) is 6.42 Å². The molecule has 0 unspecified atom stereocenters. The molecular formula is C13H17NS. The minimum atomic E-state index is 0.591. The van der Waals surface area contributed by atoms with Crippen molar-refractivity contribution >= 4 is 22.5 Å². The van der Waals surface area contributed by atoms with Gasteiger partial charge in [0.15, 0.2) is 0 Å². The first kappa shape index (κ1) is 10.7. The molecule has 1 aromatic carbocycles. The molecule has 2 rings (SSSR count). The minimum absolute atomic E-state index is 0.591. The van der Waals surface area contributed by atoms with Crippen LogP contribution in [-0.2, 0) is 6.42 Å². The Morgan fingerprint density at radius 2 is 2.20 bits per heavy atom. The van der Waals surface area contributed by atoms with Crippen molar-refractivity contribution in [2.24, 2.45) is 4.99 Å². The molecule has 0 spiro atoms. The number of thioether (sulfide) groups is 1. The van der Waals surface area contributed by atoms with Crippen LogP contribution < -0.4 is 0 Å². The fourth-order valence-electron chi connectivity index (χ4n) is 1.78. The first-order valence-corrected chi connectivity index (χ1v) is 6.52. The molecule has 0 amide bonds. The number of fused-ring (bicyclic) bond motifs is 1. The van der Waals surface area contributed by atoms with Crippen LogP contribution in [0.5, 0.6) is 0 Å². The number of nitrogens with zero attached hydrogens (tertiary/aromatic N) is 1. The van der Waals surface area contributed by atoms with Crippen LogP contribution in [0.4, 0.5) is 5.69 Å². The Kier molecular flexibility index (Phi) is 3.15. The summed E-state index contributed by atoms with van der Waals surface area (Å²) >= 11 is 1.86. The average molecular weight is 219 g/mol. The van der Waals surface area contributed by atoms with Crippen molar-refractivity contribution in [3.05, 3.63) is 29.3 Å². The van der Waals surface area contributed by atoms with Crippen molar-refractivity contribution in [3.63, 3.8) is 0 Å². The summed E-state index contributed by atoms with van der Waals surface area (Å²) in [6.07, 6.45) is 1.03. The van der Waals surface area contributed by atoms with Gasteiger partial charge in [-0.1, -0.05) is 32.9 Å². The van der Waals surface area contributed by atoms with Crippen molar-refractivity contribution in [2.45, 2.75) is 33.1 Å². The molecule has 1 aromatic rings. The van der Waals surface area contributed by atoms with Crippen molar-refractivity contribution in [1.29, 1.82) is 0 Å². The maximum absolute atomic E-state index is 4.66. The van der Waals surface area contributed by atoms with Gasteiger partial charge in [0.1, 0.15) is 0 Å². The molecule has 15 heavy (non-hydrogen) atoms. The summed E-state index contributed by atoms with van der Waals surface area (Å²) in [5.41, 5.74) is 3.97. The van der Waals surface area contributed by atoms with E-state index in [1.165, 1.54) is 21.9 Å². The smallest absolute Gasteiger partial charge is 0.0783 e. The lowest BCUT2D eigenvalue weighted by Gasteiger charge is -2.06. The highest BCUT2D eigenvalue weighted by Crippen LogP contribution is 2.32. The lowest BCUT2D eigenvalue weighted by atomic mass is 10.0. The van der Waals surface area contributed by atoms with Gasteiger partial charge in [-0.3, -0.25) is 0 Å². The summed E-state index contributed by atoms with van der Waals surface area (Å²) in [6, 6.07) is 6.71. The lowest BCUT2D eigenvalue weighted by Crippen LogP contribution is -1.92. The Balaban J connectivity index is 2.26. The van der Waals surface area contributed by atoms with E-state index < -0.39 is 0 Å². The standard InChI is InChI=1S/C13H17NS/c1-4-15-13-8-11-6-5-10(9(2)3)7-12(11)14-13/h5-7,9H,4,8H2,1-3H3. The quantitative estimate of drug-likeness (QED) is 0.728. The van der Waals surface area contributed by atoms with E-state index >= 15 is 0 Å².